The average molecular weight is 200 g/mol. The third-order valence-electron chi connectivity index (χ3n) is 1.89. The van der Waals surface area contributed by atoms with Crippen LogP contribution in [0.15, 0.2) is 18.3 Å². The maximum atomic E-state index is 5.71. The third-order valence-corrected chi connectivity index (χ3v) is 2.10. The monoisotopic (exact) mass is 199 g/mol. The van der Waals surface area contributed by atoms with Crippen LogP contribution in [0.2, 0.25) is 5.15 Å². The van der Waals surface area contributed by atoms with Crippen LogP contribution in [-0.2, 0) is 4.74 Å². The minimum atomic E-state index is 0.165. The number of aromatic nitrogens is 1. The lowest BCUT2D eigenvalue weighted by Gasteiger charge is -2.10. The second-order valence-electron chi connectivity index (χ2n) is 2.92. The number of rotatable bonds is 2. The first-order valence-corrected chi connectivity index (χ1v) is 4.58. The number of pyridine rings is 1. The van der Waals surface area contributed by atoms with Gasteiger partial charge in [0.05, 0.1) is 13.2 Å². The minimum Gasteiger partial charge on any atom is -0.488 e. The Bertz CT molecular complexity index is 287. The van der Waals surface area contributed by atoms with Crippen molar-refractivity contribution in [1.82, 2.24) is 4.98 Å². The predicted octanol–water partition coefficient (Wildman–Crippen LogP) is 1.90. The van der Waals surface area contributed by atoms with Gasteiger partial charge in [-0.15, -0.1) is 0 Å². The van der Waals surface area contributed by atoms with Crippen molar-refractivity contribution < 1.29 is 9.47 Å². The van der Waals surface area contributed by atoms with Gasteiger partial charge in [0.2, 0.25) is 0 Å². The summed E-state index contributed by atoms with van der Waals surface area (Å²) in [6.45, 7) is 1.45. The summed E-state index contributed by atoms with van der Waals surface area (Å²) in [4.78, 5) is 3.87. The van der Waals surface area contributed by atoms with E-state index in [-0.39, 0.29) is 6.10 Å². The molecule has 0 spiro atoms. The Balaban J connectivity index is 2.00. The van der Waals surface area contributed by atoms with Crippen LogP contribution in [0, 0.1) is 0 Å². The molecule has 0 bridgehead atoms. The molecule has 4 heteroatoms. The minimum absolute atomic E-state index is 0.165. The van der Waals surface area contributed by atoms with E-state index < -0.39 is 0 Å². The molecule has 13 heavy (non-hydrogen) atoms. The van der Waals surface area contributed by atoms with Gasteiger partial charge in [-0.05, 0) is 6.07 Å². The molecular formula is C9H10ClNO2. The van der Waals surface area contributed by atoms with E-state index in [0.29, 0.717) is 11.8 Å². The molecule has 0 aromatic carbocycles. The lowest BCUT2D eigenvalue weighted by molar-refractivity contribution is 0.141. The fourth-order valence-electron chi connectivity index (χ4n) is 1.26. The number of nitrogens with zero attached hydrogens (tertiary/aromatic N) is 1. The molecule has 0 N–H and O–H groups in total. The first kappa shape index (κ1) is 8.78. The van der Waals surface area contributed by atoms with Crippen molar-refractivity contribution >= 4 is 11.6 Å². The topological polar surface area (TPSA) is 31.4 Å². The molecule has 70 valence electrons. The Hall–Kier alpha value is -0.800. The molecule has 0 amide bonds. The van der Waals surface area contributed by atoms with Crippen molar-refractivity contribution in [1.29, 1.82) is 0 Å². The Morgan fingerprint density at radius 2 is 2.54 bits per heavy atom. The summed E-state index contributed by atoms with van der Waals surface area (Å²) < 4.78 is 10.8. The van der Waals surface area contributed by atoms with E-state index in [1.807, 2.05) is 0 Å². The Morgan fingerprint density at radius 1 is 1.62 bits per heavy atom. The zero-order valence-electron chi connectivity index (χ0n) is 7.07. The second kappa shape index (κ2) is 3.94. The Labute approximate surface area is 81.6 Å². The molecule has 1 aliphatic heterocycles. The molecule has 0 radical (unpaired) electrons. The van der Waals surface area contributed by atoms with Gasteiger partial charge >= 0.3 is 0 Å². The number of ether oxygens (including phenoxy) is 2. The summed E-state index contributed by atoms with van der Waals surface area (Å²) in [5.41, 5.74) is 0. The summed E-state index contributed by atoms with van der Waals surface area (Å²) in [6.07, 6.45) is 2.74. The van der Waals surface area contributed by atoms with Crippen LogP contribution in [0.25, 0.3) is 0 Å². The molecule has 2 rings (SSSR count). The normalized spacial score (nSPS) is 21.8. The predicted molar refractivity (Wildman–Crippen MR) is 49.1 cm³/mol. The highest BCUT2D eigenvalue weighted by molar-refractivity contribution is 6.29. The summed E-state index contributed by atoms with van der Waals surface area (Å²) >= 11 is 5.71. The summed E-state index contributed by atoms with van der Waals surface area (Å²) in [7, 11) is 0. The lowest BCUT2D eigenvalue weighted by Crippen LogP contribution is -2.15. The van der Waals surface area contributed by atoms with Crippen molar-refractivity contribution in [2.45, 2.75) is 12.5 Å². The molecule has 1 unspecified atom stereocenters. The average Bonchev–Trinajstić information content (AvgIpc) is 2.57. The van der Waals surface area contributed by atoms with Crippen molar-refractivity contribution in [2.24, 2.45) is 0 Å². The van der Waals surface area contributed by atoms with E-state index in [1.165, 1.54) is 0 Å². The van der Waals surface area contributed by atoms with Crippen LogP contribution < -0.4 is 4.74 Å². The quantitative estimate of drug-likeness (QED) is 0.682. The molecule has 3 nitrogen and oxygen atoms in total. The molecule has 0 saturated carbocycles. The largest absolute Gasteiger partial charge is 0.488 e. The van der Waals surface area contributed by atoms with Crippen LogP contribution in [0.1, 0.15) is 6.42 Å². The van der Waals surface area contributed by atoms with Crippen molar-refractivity contribution in [2.75, 3.05) is 13.2 Å². The number of halogens is 1. The Morgan fingerprint density at radius 3 is 3.23 bits per heavy atom. The molecule has 1 atom stereocenters. The van der Waals surface area contributed by atoms with Crippen molar-refractivity contribution in [3.63, 3.8) is 0 Å². The van der Waals surface area contributed by atoms with Gasteiger partial charge in [0.15, 0.2) is 0 Å². The van der Waals surface area contributed by atoms with E-state index in [2.05, 4.69) is 4.98 Å². The highest BCUT2D eigenvalue weighted by atomic mass is 35.5. The lowest BCUT2D eigenvalue weighted by atomic mass is 10.3. The molecule has 1 fully saturated rings. The maximum absolute atomic E-state index is 5.71. The summed E-state index contributed by atoms with van der Waals surface area (Å²) in [5.74, 6) is 0.760. The second-order valence-corrected chi connectivity index (χ2v) is 3.30. The van der Waals surface area contributed by atoms with Gasteiger partial charge in [-0.3, -0.25) is 0 Å². The Kier molecular flexibility index (Phi) is 2.66. The number of hydrogen-bond acceptors (Lipinski definition) is 3. The van der Waals surface area contributed by atoms with Crippen LogP contribution in [0.4, 0.5) is 0 Å². The molecule has 1 aromatic heterocycles. The molecule has 1 aromatic rings. The van der Waals surface area contributed by atoms with Crippen molar-refractivity contribution in [3.05, 3.63) is 23.5 Å². The van der Waals surface area contributed by atoms with E-state index in [0.717, 1.165) is 18.8 Å². The SMILES string of the molecule is Clc1cc(OC2CCOC2)ccn1. The van der Waals surface area contributed by atoms with Gasteiger partial charge in [0.1, 0.15) is 17.0 Å². The maximum Gasteiger partial charge on any atom is 0.132 e. The van der Waals surface area contributed by atoms with Gasteiger partial charge in [-0.25, -0.2) is 4.98 Å². The van der Waals surface area contributed by atoms with E-state index in [4.69, 9.17) is 21.1 Å². The summed E-state index contributed by atoms with van der Waals surface area (Å²) in [6, 6.07) is 3.50. The number of hydrogen-bond donors (Lipinski definition) is 0. The smallest absolute Gasteiger partial charge is 0.132 e. The van der Waals surface area contributed by atoms with E-state index in [9.17, 15) is 0 Å². The first-order valence-electron chi connectivity index (χ1n) is 4.20. The van der Waals surface area contributed by atoms with Crippen LogP contribution in [-0.4, -0.2) is 24.3 Å². The zero-order chi connectivity index (χ0) is 9.10. The van der Waals surface area contributed by atoms with Gasteiger partial charge < -0.3 is 9.47 Å². The fraction of sp³-hybridized carbons (Fsp3) is 0.444. The fourth-order valence-corrected chi connectivity index (χ4v) is 1.42. The van der Waals surface area contributed by atoms with E-state index in [1.54, 1.807) is 18.3 Å². The third kappa shape index (κ3) is 2.32. The van der Waals surface area contributed by atoms with Crippen LogP contribution in [0.3, 0.4) is 0 Å². The van der Waals surface area contributed by atoms with Crippen LogP contribution >= 0.6 is 11.6 Å². The molecule has 1 saturated heterocycles. The zero-order valence-corrected chi connectivity index (χ0v) is 7.83. The van der Waals surface area contributed by atoms with Gasteiger partial charge in [-0.2, -0.15) is 0 Å². The summed E-state index contributed by atoms with van der Waals surface area (Å²) in [5, 5.41) is 0.455. The first-order chi connectivity index (χ1) is 6.34. The highest BCUT2D eigenvalue weighted by Crippen LogP contribution is 2.18. The molecule has 1 aliphatic rings. The van der Waals surface area contributed by atoms with Gasteiger partial charge in [0, 0.05) is 18.7 Å². The van der Waals surface area contributed by atoms with E-state index >= 15 is 0 Å². The molecule has 0 aliphatic carbocycles. The van der Waals surface area contributed by atoms with Gasteiger partial charge in [0.25, 0.3) is 0 Å². The highest BCUT2D eigenvalue weighted by Gasteiger charge is 2.16. The van der Waals surface area contributed by atoms with Crippen molar-refractivity contribution in [3.8, 4) is 5.75 Å². The molecule has 2 heterocycles. The van der Waals surface area contributed by atoms with Gasteiger partial charge in [-0.1, -0.05) is 11.6 Å². The van der Waals surface area contributed by atoms with Crippen LogP contribution in [0.5, 0.6) is 5.75 Å². The standard InChI is InChI=1S/C9H10ClNO2/c10-9-5-7(1-3-11-9)13-8-2-4-12-6-8/h1,3,5,8H,2,4,6H2. The molecular weight excluding hydrogens is 190 g/mol.